The predicted molar refractivity (Wildman–Crippen MR) is 122 cm³/mol. The van der Waals surface area contributed by atoms with Crippen molar-refractivity contribution in [1.82, 2.24) is 9.80 Å². The summed E-state index contributed by atoms with van der Waals surface area (Å²) in [6.07, 6.45) is 1.70. The monoisotopic (exact) mass is 452 g/mol. The third-order valence-electron chi connectivity index (χ3n) is 6.24. The molecule has 0 aliphatic carbocycles. The van der Waals surface area contributed by atoms with Crippen molar-refractivity contribution in [1.29, 1.82) is 0 Å². The molecular weight excluding hydrogens is 424 g/mol. The van der Waals surface area contributed by atoms with Gasteiger partial charge < -0.3 is 23.7 Å². The number of ketones is 1. The van der Waals surface area contributed by atoms with Gasteiger partial charge in [0.1, 0.15) is 18.2 Å². The molecule has 0 saturated carbocycles. The lowest BCUT2D eigenvalue weighted by molar-refractivity contribution is 0.0239. The minimum Gasteiger partial charge on any atom is -0.493 e. The van der Waals surface area contributed by atoms with Crippen molar-refractivity contribution in [3.63, 3.8) is 0 Å². The number of methoxy groups -OCH3 is 2. The maximum atomic E-state index is 13.1. The Hall–Kier alpha value is -3.07. The first kappa shape index (κ1) is 21.8. The zero-order valence-corrected chi connectivity index (χ0v) is 19.0. The van der Waals surface area contributed by atoms with Crippen molar-refractivity contribution in [2.75, 3.05) is 60.3 Å². The number of carbonyl (C=O) groups is 1. The van der Waals surface area contributed by atoms with Crippen molar-refractivity contribution in [3.8, 4) is 23.0 Å². The summed E-state index contributed by atoms with van der Waals surface area (Å²) in [6, 6.07) is 9.17. The number of benzene rings is 2. The van der Waals surface area contributed by atoms with E-state index < -0.39 is 0 Å². The van der Waals surface area contributed by atoms with Gasteiger partial charge in [-0.05, 0) is 24.3 Å². The molecule has 8 heteroatoms. The smallest absolute Gasteiger partial charge is 0.231 e. The van der Waals surface area contributed by atoms with Crippen molar-refractivity contribution in [3.05, 3.63) is 52.8 Å². The van der Waals surface area contributed by atoms with E-state index in [9.17, 15) is 4.79 Å². The summed E-state index contributed by atoms with van der Waals surface area (Å²) in [5, 5.41) is 0. The highest BCUT2D eigenvalue weighted by atomic mass is 16.5. The van der Waals surface area contributed by atoms with E-state index in [0.717, 1.165) is 50.7 Å². The number of morpholine rings is 1. The molecule has 0 N–H and O–H groups in total. The van der Waals surface area contributed by atoms with Crippen LogP contribution < -0.4 is 18.9 Å². The molecule has 0 atom stereocenters. The van der Waals surface area contributed by atoms with Gasteiger partial charge >= 0.3 is 0 Å². The predicted octanol–water partition coefficient (Wildman–Crippen LogP) is 2.80. The summed E-state index contributed by atoms with van der Waals surface area (Å²) in [6.45, 7) is 6.52. The maximum absolute atomic E-state index is 13.1. The highest BCUT2D eigenvalue weighted by molar-refractivity contribution is 6.15. The molecule has 174 valence electrons. The molecule has 33 heavy (non-hydrogen) atoms. The van der Waals surface area contributed by atoms with Gasteiger partial charge in [-0.15, -0.1) is 0 Å². The number of nitrogens with zero attached hydrogens (tertiary/aromatic N) is 2. The van der Waals surface area contributed by atoms with Crippen molar-refractivity contribution in [2.45, 2.75) is 6.54 Å². The van der Waals surface area contributed by atoms with Crippen LogP contribution >= 0.6 is 0 Å². The lowest BCUT2D eigenvalue weighted by Gasteiger charge is -2.33. The van der Waals surface area contributed by atoms with Crippen LogP contribution in [0.3, 0.4) is 0 Å². The van der Waals surface area contributed by atoms with Crippen LogP contribution in [0.4, 0.5) is 0 Å². The molecule has 8 nitrogen and oxygen atoms in total. The lowest BCUT2D eigenvalue weighted by Crippen LogP contribution is -2.43. The van der Waals surface area contributed by atoms with Crippen LogP contribution in [0, 0.1) is 0 Å². The number of Topliss-reactive ketones (excluding diaryl/α,β-unsaturated/α-hetero) is 1. The van der Waals surface area contributed by atoms with Gasteiger partial charge in [0, 0.05) is 38.3 Å². The molecule has 1 fully saturated rings. The van der Waals surface area contributed by atoms with Crippen LogP contribution in [0.2, 0.25) is 0 Å². The molecule has 3 heterocycles. The van der Waals surface area contributed by atoms with Crippen molar-refractivity contribution < 1.29 is 28.5 Å². The number of fused-ring (bicyclic) bond motifs is 3. The second-order valence-corrected chi connectivity index (χ2v) is 8.22. The molecule has 0 aromatic heterocycles. The minimum absolute atomic E-state index is 0.150. The first-order valence-corrected chi connectivity index (χ1v) is 11.1. The van der Waals surface area contributed by atoms with Crippen LogP contribution in [0.5, 0.6) is 23.0 Å². The lowest BCUT2D eigenvalue weighted by atomic mass is 10.0. The summed E-state index contributed by atoms with van der Waals surface area (Å²) in [7, 11) is 3.16. The number of rotatable bonds is 6. The minimum atomic E-state index is -0.150. The highest BCUT2D eigenvalue weighted by Crippen LogP contribution is 2.42. The van der Waals surface area contributed by atoms with Gasteiger partial charge in [-0.25, -0.2) is 0 Å². The van der Waals surface area contributed by atoms with Gasteiger partial charge in [0.25, 0.3) is 0 Å². The number of hydrogen-bond donors (Lipinski definition) is 0. The molecule has 0 radical (unpaired) electrons. The third-order valence-corrected chi connectivity index (χ3v) is 6.24. The van der Waals surface area contributed by atoms with Gasteiger partial charge in [-0.3, -0.25) is 14.6 Å². The first-order valence-electron chi connectivity index (χ1n) is 11.1. The molecule has 1 saturated heterocycles. The normalized spacial score (nSPS) is 19.6. The Morgan fingerprint density at radius 1 is 1.03 bits per heavy atom. The Balaban J connectivity index is 1.36. The highest BCUT2D eigenvalue weighted by Gasteiger charge is 2.34. The van der Waals surface area contributed by atoms with E-state index in [1.165, 1.54) is 0 Å². The summed E-state index contributed by atoms with van der Waals surface area (Å²) < 4.78 is 28.4. The van der Waals surface area contributed by atoms with E-state index >= 15 is 0 Å². The van der Waals surface area contributed by atoms with Crippen molar-refractivity contribution in [2.24, 2.45) is 0 Å². The Labute approximate surface area is 193 Å². The average Bonchev–Trinajstić information content (AvgIpc) is 3.18. The molecule has 0 unspecified atom stereocenters. The Morgan fingerprint density at radius 3 is 2.64 bits per heavy atom. The van der Waals surface area contributed by atoms with E-state index in [2.05, 4.69) is 9.80 Å². The summed E-state index contributed by atoms with van der Waals surface area (Å²) in [4.78, 5) is 17.8. The van der Waals surface area contributed by atoms with Gasteiger partial charge in [0.2, 0.25) is 5.78 Å². The zero-order valence-electron chi connectivity index (χ0n) is 19.0. The molecular formula is C25H28N2O6. The summed E-state index contributed by atoms with van der Waals surface area (Å²) >= 11 is 0. The van der Waals surface area contributed by atoms with Crippen LogP contribution in [0.15, 0.2) is 36.1 Å². The van der Waals surface area contributed by atoms with Crippen LogP contribution in [0.1, 0.15) is 21.5 Å². The van der Waals surface area contributed by atoms with Crippen molar-refractivity contribution >= 4 is 11.9 Å². The first-order chi connectivity index (χ1) is 16.2. The fourth-order valence-electron chi connectivity index (χ4n) is 4.42. The fourth-order valence-corrected chi connectivity index (χ4v) is 4.42. The van der Waals surface area contributed by atoms with E-state index in [-0.39, 0.29) is 11.5 Å². The molecule has 3 aliphatic heterocycles. The summed E-state index contributed by atoms with van der Waals surface area (Å²) in [5.74, 6) is 2.61. The molecule has 2 aromatic rings. The SMILES string of the molecule is COc1cccc(/C=C2\Oc3c(ccc4c3CN(CCN3CCOCC3)CO4)C2=O)c1OC. The second-order valence-electron chi connectivity index (χ2n) is 8.22. The quantitative estimate of drug-likeness (QED) is 0.620. The number of ether oxygens (including phenoxy) is 5. The zero-order chi connectivity index (χ0) is 22.8. The largest absolute Gasteiger partial charge is 0.493 e. The molecule has 3 aliphatic rings. The molecule has 0 spiro atoms. The Bertz CT molecular complexity index is 1080. The standard InChI is InChI=1S/C25H28N2O6/c1-29-21-5-3-4-17(24(21)30-2)14-22-23(28)18-6-7-20-19(25(18)33-22)15-27(16-32-20)9-8-26-10-12-31-13-11-26/h3-7,14H,8-13,15-16H2,1-2H3/b22-14-. The van der Waals surface area contributed by atoms with Gasteiger partial charge in [0.15, 0.2) is 17.3 Å². The van der Waals surface area contributed by atoms with Gasteiger partial charge in [0.05, 0.1) is 38.6 Å². The topological polar surface area (TPSA) is 69.7 Å². The van der Waals surface area contributed by atoms with Gasteiger partial charge in [-0.2, -0.15) is 0 Å². The molecule has 5 rings (SSSR count). The Kier molecular flexibility index (Phi) is 6.22. The van der Waals surface area contributed by atoms with E-state index in [4.69, 9.17) is 23.7 Å². The van der Waals surface area contributed by atoms with Crippen LogP contribution in [-0.2, 0) is 11.3 Å². The summed E-state index contributed by atoms with van der Waals surface area (Å²) in [5.41, 5.74) is 2.18. The van der Waals surface area contributed by atoms with Gasteiger partial charge in [-0.1, -0.05) is 12.1 Å². The number of carbonyl (C=O) groups excluding carboxylic acids is 1. The molecule has 0 amide bonds. The van der Waals surface area contributed by atoms with E-state index in [1.54, 1.807) is 26.4 Å². The third kappa shape index (κ3) is 4.29. The van der Waals surface area contributed by atoms with Crippen LogP contribution in [-0.4, -0.2) is 75.9 Å². The van der Waals surface area contributed by atoms with E-state index in [1.807, 2.05) is 24.3 Å². The Morgan fingerprint density at radius 2 is 1.85 bits per heavy atom. The number of hydrogen-bond acceptors (Lipinski definition) is 8. The molecule has 0 bridgehead atoms. The average molecular weight is 453 g/mol. The van der Waals surface area contributed by atoms with E-state index in [0.29, 0.717) is 41.7 Å². The number of para-hydroxylation sites is 1. The number of allylic oxidation sites excluding steroid dienone is 1. The van der Waals surface area contributed by atoms with Crippen LogP contribution in [0.25, 0.3) is 6.08 Å². The maximum Gasteiger partial charge on any atom is 0.231 e. The second kappa shape index (κ2) is 9.43. The fraction of sp³-hybridized carbons (Fsp3) is 0.400. The molecule has 2 aromatic carbocycles.